The van der Waals surface area contributed by atoms with E-state index in [0.29, 0.717) is 0 Å². The van der Waals surface area contributed by atoms with Crippen molar-refractivity contribution >= 4 is 8.80 Å². The fourth-order valence-electron chi connectivity index (χ4n) is 5.94. The molecule has 1 heterocycles. The van der Waals surface area contributed by atoms with E-state index in [1.165, 1.54) is 74.7 Å². The van der Waals surface area contributed by atoms with Crippen molar-refractivity contribution in [3.8, 4) is 11.1 Å². The van der Waals surface area contributed by atoms with Gasteiger partial charge >= 0.3 is 0 Å². The maximum atomic E-state index is 13.5. The molecule has 0 N–H and O–H groups in total. The van der Waals surface area contributed by atoms with Crippen LogP contribution in [-0.2, 0) is 6.42 Å². The largest absolute Gasteiger partial charge is 0.204 e. The number of rotatable bonds is 6. The van der Waals surface area contributed by atoms with Crippen LogP contribution in [0.1, 0.15) is 57.4 Å². The van der Waals surface area contributed by atoms with Gasteiger partial charge in [-0.05, 0) is 79.2 Å². The molecule has 0 aromatic heterocycles. The molecule has 4 rings (SSSR count). The Balaban J connectivity index is 1.21. The third-order valence-electron chi connectivity index (χ3n) is 7.89. The molecule has 1 aliphatic carbocycles. The van der Waals surface area contributed by atoms with Gasteiger partial charge in [-0.1, -0.05) is 74.2 Å². The first-order valence-corrected chi connectivity index (χ1v) is 14.6. The average molecular weight is 439 g/mol. The normalized spacial score (nSPS) is 26.9. The van der Waals surface area contributed by atoms with E-state index in [-0.39, 0.29) is 0 Å². The summed E-state index contributed by atoms with van der Waals surface area (Å²) in [6.45, 7) is 2.18. The Labute approximate surface area is 188 Å². The van der Waals surface area contributed by atoms with E-state index in [1.54, 1.807) is 6.07 Å². The van der Waals surface area contributed by atoms with Crippen molar-refractivity contribution in [2.75, 3.05) is 0 Å². The second-order valence-electron chi connectivity index (χ2n) is 9.85. The van der Waals surface area contributed by atoms with Crippen molar-refractivity contribution in [1.82, 2.24) is 0 Å². The highest BCUT2D eigenvalue weighted by Gasteiger charge is 2.30. The molecule has 1 aliphatic heterocycles. The monoisotopic (exact) mass is 438 g/mol. The van der Waals surface area contributed by atoms with Crippen LogP contribution in [0.15, 0.2) is 54.2 Å². The molecule has 1 saturated carbocycles. The second-order valence-corrected chi connectivity index (χ2v) is 12.9. The molecule has 1 saturated heterocycles. The lowest BCUT2D eigenvalue weighted by molar-refractivity contribution is 0.186. The zero-order valence-corrected chi connectivity index (χ0v) is 20.0. The molecule has 0 atom stereocenters. The minimum absolute atomic E-state index is 0.522. The lowest BCUT2D eigenvalue weighted by Crippen LogP contribution is -2.28. The van der Waals surface area contributed by atoms with E-state index < -0.39 is 20.4 Å². The zero-order valence-electron chi connectivity index (χ0n) is 18.8. The summed E-state index contributed by atoms with van der Waals surface area (Å²) in [6.07, 6.45) is 13.4. The van der Waals surface area contributed by atoms with Crippen molar-refractivity contribution in [3.63, 3.8) is 0 Å². The Morgan fingerprint density at radius 2 is 1.45 bits per heavy atom. The van der Waals surface area contributed by atoms with E-state index in [4.69, 9.17) is 0 Å². The highest BCUT2D eigenvalue weighted by Crippen LogP contribution is 2.41. The maximum absolute atomic E-state index is 13.5. The van der Waals surface area contributed by atoms with Crippen molar-refractivity contribution in [1.29, 1.82) is 0 Å². The van der Waals surface area contributed by atoms with Crippen molar-refractivity contribution in [2.24, 2.45) is 17.8 Å². The van der Waals surface area contributed by atoms with E-state index in [0.717, 1.165) is 35.3 Å². The first kappa shape index (κ1) is 22.5. The van der Waals surface area contributed by atoms with Crippen molar-refractivity contribution < 1.29 is 8.78 Å². The van der Waals surface area contributed by atoms with Crippen LogP contribution in [0.5, 0.6) is 0 Å². The molecule has 3 heteroatoms. The van der Waals surface area contributed by atoms with Gasteiger partial charge in [0.1, 0.15) is 0 Å². The van der Waals surface area contributed by atoms with Gasteiger partial charge in [-0.15, -0.1) is 5.70 Å². The van der Waals surface area contributed by atoms with Gasteiger partial charge in [0.05, 0.1) is 8.80 Å². The molecular formula is C28H36F2Si. The van der Waals surface area contributed by atoms with Crippen LogP contribution in [-0.4, -0.2) is 8.80 Å². The highest BCUT2D eigenvalue weighted by molar-refractivity contribution is 6.64. The summed E-state index contributed by atoms with van der Waals surface area (Å²) >= 11 is 0. The van der Waals surface area contributed by atoms with Gasteiger partial charge in [0.2, 0.25) is 0 Å². The van der Waals surface area contributed by atoms with Gasteiger partial charge in [0.15, 0.2) is 11.6 Å². The standard InChI is InChI=1S/C28H36F2Si/c1-2-17-31-18-15-25(16-19-31)23-9-5-21(6-10-23)3-4-22-7-11-24(12-8-22)26-13-14-27(29)28(30)20-26/h2,7-8,11-14,17,20-21,23,25,31H,3-6,9-10,15-16,18-19H2,1H3. The van der Waals surface area contributed by atoms with Crippen LogP contribution in [0.25, 0.3) is 11.1 Å². The SMILES string of the molecule is CC=C[SiH]1CCC(C2CCC(CCc3ccc(-c4ccc(F)c(F)c4)cc3)CC2)CC1. The number of halogens is 2. The Morgan fingerprint density at radius 1 is 0.806 bits per heavy atom. The number of aryl methyl sites for hydroxylation is 1. The molecule has 2 fully saturated rings. The third kappa shape index (κ3) is 5.94. The Bertz CT molecular complexity index is 857. The Kier molecular flexibility index (Phi) is 7.76. The van der Waals surface area contributed by atoms with E-state index >= 15 is 0 Å². The van der Waals surface area contributed by atoms with Crippen LogP contribution in [0.4, 0.5) is 8.78 Å². The lowest BCUT2D eigenvalue weighted by atomic mass is 9.73. The van der Waals surface area contributed by atoms with E-state index in [9.17, 15) is 8.78 Å². The van der Waals surface area contributed by atoms with Gasteiger partial charge in [0, 0.05) is 0 Å². The summed E-state index contributed by atoms with van der Waals surface area (Å²) in [5.41, 5.74) is 5.57. The summed E-state index contributed by atoms with van der Waals surface area (Å²) < 4.78 is 26.6. The summed E-state index contributed by atoms with van der Waals surface area (Å²) in [5, 5.41) is 0. The van der Waals surface area contributed by atoms with E-state index in [2.05, 4.69) is 30.8 Å². The fraction of sp³-hybridized carbons (Fsp3) is 0.500. The minimum Gasteiger partial charge on any atom is -0.204 e. The van der Waals surface area contributed by atoms with E-state index in [1.807, 2.05) is 12.1 Å². The van der Waals surface area contributed by atoms with Gasteiger partial charge in [-0.3, -0.25) is 0 Å². The Hall–Kier alpha value is -1.74. The first-order chi connectivity index (χ1) is 15.1. The predicted molar refractivity (Wildman–Crippen MR) is 130 cm³/mol. The third-order valence-corrected chi connectivity index (χ3v) is 11.0. The van der Waals surface area contributed by atoms with Crippen molar-refractivity contribution in [3.05, 3.63) is 71.4 Å². The summed E-state index contributed by atoms with van der Waals surface area (Å²) in [4.78, 5) is 0. The zero-order chi connectivity index (χ0) is 21.6. The number of allylic oxidation sites excluding steroid dienone is 1. The molecule has 0 amide bonds. The molecule has 2 aromatic carbocycles. The Morgan fingerprint density at radius 3 is 2.10 bits per heavy atom. The average Bonchev–Trinajstić information content (AvgIpc) is 2.81. The summed E-state index contributed by atoms with van der Waals surface area (Å²) in [6, 6.07) is 15.6. The van der Waals surface area contributed by atoms with Gasteiger partial charge < -0.3 is 0 Å². The van der Waals surface area contributed by atoms with Crippen LogP contribution in [0, 0.1) is 29.4 Å². The smallest absolute Gasteiger partial charge is 0.159 e. The molecule has 31 heavy (non-hydrogen) atoms. The molecule has 0 unspecified atom stereocenters. The number of hydrogen-bond acceptors (Lipinski definition) is 0. The van der Waals surface area contributed by atoms with Crippen LogP contribution < -0.4 is 0 Å². The van der Waals surface area contributed by atoms with Gasteiger partial charge in [-0.2, -0.15) is 0 Å². The molecule has 166 valence electrons. The molecule has 2 aliphatic rings. The fourth-order valence-corrected chi connectivity index (χ4v) is 8.87. The van der Waals surface area contributed by atoms with Crippen molar-refractivity contribution in [2.45, 2.75) is 70.4 Å². The number of hydrogen-bond donors (Lipinski definition) is 0. The highest BCUT2D eigenvalue weighted by atomic mass is 28.3. The van der Waals surface area contributed by atoms with Crippen LogP contribution in [0.2, 0.25) is 12.1 Å². The summed E-state index contributed by atoms with van der Waals surface area (Å²) in [7, 11) is -0.522. The minimum atomic E-state index is -0.793. The molecular weight excluding hydrogens is 402 g/mol. The predicted octanol–water partition coefficient (Wildman–Crippen LogP) is 8.12. The topological polar surface area (TPSA) is 0 Å². The quantitative estimate of drug-likeness (QED) is 0.399. The lowest BCUT2D eigenvalue weighted by Gasteiger charge is -2.37. The molecule has 0 spiro atoms. The number of benzene rings is 2. The molecule has 0 nitrogen and oxygen atoms in total. The molecule has 2 aromatic rings. The molecule has 0 radical (unpaired) electrons. The first-order valence-electron chi connectivity index (χ1n) is 12.3. The maximum Gasteiger partial charge on any atom is 0.159 e. The summed E-state index contributed by atoms with van der Waals surface area (Å²) in [5.74, 6) is 1.30. The molecule has 0 bridgehead atoms. The van der Waals surface area contributed by atoms with Crippen LogP contribution in [0.3, 0.4) is 0 Å². The van der Waals surface area contributed by atoms with Gasteiger partial charge in [-0.25, -0.2) is 8.78 Å². The van der Waals surface area contributed by atoms with Crippen LogP contribution >= 0.6 is 0 Å². The second kappa shape index (κ2) is 10.7. The van der Waals surface area contributed by atoms with Gasteiger partial charge in [0.25, 0.3) is 0 Å².